The molecule has 1 amide bonds. The van der Waals surface area contributed by atoms with Gasteiger partial charge in [0.15, 0.2) is 5.76 Å². The molecule has 12 heteroatoms. The third-order valence-corrected chi connectivity index (χ3v) is 7.08. The van der Waals surface area contributed by atoms with Crippen molar-refractivity contribution in [1.82, 2.24) is 14.6 Å². The highest BCUT2D eigenvalue weighted by atomic mass is 35.5. The van der Waals surface area contributed by atoms with E-state index in [1.807, 2.05) is 11.0 Å². The SMILES string of the molecule is N#Cc1nc(-c2ccco2)oc1N1CCN(C(=O)CCNS(=O)(=O)c2ccccc2Cl)CC1. The van der Waals surface area contributed by atoms with Gasteiger partial charge in [0, 0.05) is 39.1 Å². The summed E-state index contributed by atoms with van der Waals surface area (Å²) in [4.78, 5) is 20.2. The fourth-order valence-corrected chi connectivity index (χ4v) is 5.00. The van der Waals surface area contributed by atoms with E-state index in [1.54, 1.807) is 29.2 Å². The van der Waals surface area contributed by atoms with Gasteiger partial charge in [-0.2, -0.15) is 10.2 Å². The Morgan fingerprint density at radius 3 is 2.61 bits per heavy atom. The summed E-state index contributed by atoms with van der Waals surface area (Å²) in [5, 5.41) is 9.52. The number of piperazine rings is 1. The number of nitriles is 1. The highest BCUT2D eigenvalue weighted by Crippen LogP contribution is 2.29. The van der Waals surface area contributed by atoms with Crippen LogP contribution in [-0.2, 0) is 14.8 Å². The van der Waals surface area contributed by atoms with Crippen molar-refractivity contribution in [1.29, 1.82) is 5.26 Å². The van der Waals surface area contributed by atoms with Crippen molar-refractivity contribution >= 4 is 33.4 Å². The number of aromatic nitrogens is 1. The molecule has 0 atom stereocenters. The Morgan fingerprint density at radius 1 is 1.18 bits per heavy atom. The van der Waals surface area contributed by atoms with E-state index in [9.17, 15) is 18.5 Å². The van der Waals surface area contributed by atoms with Gasteiger partial charge in [0.25, 0.3) is 5.89 Å². The van der Waals surface area contributed by atoms with E-state index in [0.29, 0.717) is 37.8 Å². The molecule has 1 aliphatic heterocycles. The van der Waals surface area contributed by atoms with E-state index in [2.05, 4.69) is 9.71 Å². The Bertz CT molecular complexity index is 1270. The van der Waals surface area contributed by atoms with Crippen LogP contribution in [0.2, 0.25) is 5.02 Å². The molecule has 4 rings (SSSR count). The molecule has 172 valence electrons. The molecular formula is C21H20ClN5O5S. The van der Waals surface area contributed by atoms with Crippen molar-refractivity contribution in [2.75, 3.05) is 37.6 Å². The Balaban J connectivity index is 1.31. The van der Waals surface area contributed by atoms with Crippen molar-refractivity contribution in [3.63, 3.8) is 0 Å². The first-order valence-corrected chi connectivity index (χ1v) is 12.0. The lowest BCUT2D eigenvalue weighted by Gasteiger charge is -2.34. The van der Waals surface area contributed by atoms with Gasteiger partial charge in [-0.05, 0) is 24.3 Å². The predicted molar refractivity (Wildman–Crippen MR) is 119 cm³/mol. The Labute approximate surface area is 195 Å². The van der Waals surface area contributed by atoms with Crippen molar-refractivity contribution < 1.29 is 22.0 Å². The van der Waals surface area contributed by atoms with Gasteiger partial charge in [-0.15, -0.1) is 0 Å². The number of amides is 1. The molecule has 1 saturated heterocycles. The van der Waals surface area contributed by atoms with Crippen LogP contribution < -0.4 is 9.62 Å². The zero-order chi connectivity index (χ0) is 23.4. The van der Waals surface area contributed by atoms with Crippen LogP contribution in [0.5, 0.6) is 0 Å². The van der Waals surface area contributed by atoms with Crippen LogP contribution >= 0.6 is 11.6 Å². The predicted octanol–water partition coefficient (Wildman–Crippen LogP) is 2.48. The van der Waals surface area contributed by atoms with E-state index in [0.717, 1.165) is 0 Å². The van der Waals surface area contributed by atoms with Crippen LogP contribution in [-0.4, -0.2) is 56.9 Å². The summed E-state index contributed by atoms with van der Waals surface area (Å²) in [7, 11) is -3.80. The maximum Gasteiger partial charge on any atom is 0.266 e. The number of halogens is 1. The third-order valence-electron chi connectivity index (χ3n) is 5.12. The van der Waals surface area contributed by atoms with Gasteiger partial charge in [-0.25, -0.2) is 13.1 Å². The molecule has 0 spiro atoms. The Morgan fingerprint density at radius 2 is 1.94 bits per heavy atom. The van der Waals surface area contributed by atoms with Crippen LogP contribution in [0.4, 0.5) is 5.88 Å². The molecule has 33 heavy (non-hydrogen) atoms. The number of benzene rings is 1. The molecule has 0 bridgehead atoms. The lowest BCUT2D eigenvalue weighted by molar-refractivity contribution is -0.131. The van der Waals surface area contributed by atoms with Crippen LogP contribution in [0.1, 0.15) is 12.1 Å². The van der Waals surface area contributed by atoms with Crippen LogP contribution in [0, 0.1) is 11.3 Å². The fraction of sp³-hybridized carbons (Fsp3) is 0.286. The molecule has 1 aliphatic rings. The minimum Gasteiger partial charge on any atom is -0.459 e. The number of carbonyl (C=O) groups is 1. The number of carbonyl (C=O) groups excluding carboxylic acids is 1. The first kappa shape index (κ1) is 22.8. The monoisotopic (exact) mass is 489 g/mol. The van der Waals surface area contributed by atoms with E-state index in [-0.39, 0.29) is 40.4 Å². The highest BCUT2D eigenvalue weighted by Gasteiger charge is 2.27. The Kier molecular flexibility index (Phi) is 6.69. The van der Waals surface area contributed by atoms with Crippen molar-refractivity contribution in [2.24, 2.45) is 0 Å². The van der Waals surface area contributed by atoms with Crippen molar-refractivity contribution in [3.8, 4) is 17.7 Å². The van der Waals surface area contributed by atoms with Gasteiger partial charge in [0.05, 0.1) is 11.3 Å². The van der Waals surface area contributed by atoms with Crippen molar-refractivity contribution in [2.45, 2.75) is 11.3 Å². The average molecular weight is 490 g/mol. The number of hydrogen-bond donors (Lipinski definition) is 1. The van der Waals surface area contributed by atoms with Gasteiger partial charge in [0.2, 0.25) is 27.5 Å². The molecule has 0 unspecified atom stereocenters. The quantitative estimate of drug-likeness (QED) is 0.535. The van der Waals surface area contributed by atoms with E-state index >= 15 is 0 Å². The summed E-state index contributed by atoms with van der Waals surface area (Å²) >= 11 is 5.95. The first-order valence-electron chi connectivity index (χ1n) is 10.1. The molecular weight excluding hydrogens is 470 g/mol. The second-order valence-corrected chi connectivity index (χ2v) is 9.35. The van der Waals surface area contributed by atoms with Crippen LogP contribution in [0.25, 0.3) is 11.7 Å². The first-order chi connectivity index (χ1) is 15.9. The summed E-state index contributed by atoms with van der Waals surface area (Å²) in [6.45, 7) is 1.65. The summed E-state index contributed by atoms with van der Waals surface area (Å²) < 4.78 is 38.2. The number of furan rings is 1. The minimum atomic E-state index is -3.80. The second kappa shape index (κ2) is 9.66. The number of sulfonamides is 1. The standard InChI is InChI=1S/C21H20ClN5O5S/c22-15-4-1-2-6-18(15)33(29,30)24-8-7-19(28)26-9-11-27(12-10-26)21-16(14-23)25-20(32-21)17-5-3-13-31-17/h1-6,13,24H,7-12H2. The lowest BCUT2D eigenvalue weighted by Crippen LogP contribution is -2.49. The molecule has 1 aromatic carbocycles. The zero-order valence-electron chi connectivity index (χ0n) is 17.4. The molecule has 2 aromatic heterocycles. The zero-order valence-corrected chi connectivity index (χ0v) is 19.0. The number of nitrogens with zero attached hydrogens (tertiary/aromatic N) is 4. The van der Waals surface area contributed by atoms with Crippen LogP contribution in [0.15, 0.2) is 56.4 Å². The fourth-order valence-electron chi connectivity index (χ4n) is 3.45. The van der Waals surface area contributed by atoms with Gasteiger partial charge >= 0.3 is 0 Å². The maximum atomic E-state index is 12.6. The molecule has 0 saturated carbocycles. The number of oxazole rings is 1. The molecule has 0 aliphatic carbocycles. The van der Waals surface area contributed by atoms with Crippen molar-refractivity contribution in [3.05, 3.63) is 53.4 Å². The smallest absolute Gasteiger partial charge is 0.266 e. The normalized spacial score (nSPS) is 14.3. The molecule has 3 heterocycles. The van der Waals surface area contributed by atoms with E-state index < -0.39 is 10.0 Å². The molecule has 3 aromatic rings. The van der Waals surface area contributed by atoms with Gasteiger partial charge in [-0.3, -0.25) is 4.79 Å². The molecule has 1 fully saturated rings. The summed E-state index contributed by atoms with van der Waals surface area (Å²) in [5.74, 6) is 0.802. The second-order valence-electron chi connectivity index (χ2n) is 7.21. The van der Waals surface area contributed by atoms with E-state index in [4.69, 9.17) is 20.4 Å². The molecule has 1 N–H and O–H groups in total. The summed E-state index contributed by atoms with van der Waals surface area (Å²) in [6, 6.07) is 11.5. The van der Waals surface area contributed by atoms with Gasteiger partial charge in [-0.1, -0.05) is 23.7 Å². The number of nitrogens with one attached hydrogen (secondary N) is 1. The maximum absolute atomic E-state index is 12.6. The topological polar surface area (TPSA) is 133 Å². The molecule has 0 radical (unpaired) electrons. The molecule has 10 nitrogen and oxygen atoms in total. The minimum absolute atomic E-state index is 0.0120. The average Bonchev–Trinajstić information content (AvgIpc) is 3.49. The van der Waals surface area contributed by atoms with Gasteiger partial charge in [0.1, 0.15) is 11.0 Å². The Hall–Kier alpha value is -3.33. The summed E-state index contributed by atoms with van der Waals surface area (Å²) in [6.07, 6.45) is 1.50. The number of anilines is 1. The largest absolute Gasteiger partial charge is 0.459 e. The third kappa shape index (κ3) is 5.03. The summed E-state index contributed by atoms with van der Waals surface area (Å²) in [5.41, 5.74) is 0.148. The van der Waals surface area contributed by atoms with E-state index in [1.165, 1.54) is 18.4 Å². The highest BCUT2D eigenvalue weighted by molar-refractivity contribution is 7.89. The number of hydrogen-bond acceptors (Lipinski definition) is 8. The number of rotatable bonds is 7. The lowest BCUT2D eigenvalue weighted by atomic mass is 10.2. The van der Waals surface area contributed by atoms with Gasteiger partial charge < -0.3 is 18.6 Å². The van der Waals surface area contributed by atoms with Crippen LogP contribution in [0.3, 0.4) is 0 Å².